The fourth-order valence-corrected chi connectivity index (χ4v) is 2.21. The predicted octanol–water partition coefficient (Wildman–Crippen LogP) is 3.24. The first kappa shape index (κ1) is 18.0. The van der Waals surface area contributed by atoms with Crippen molar-refractivity contribution in [1.29, 1.82) is 0 Å². The summed E-state index contributed by atoms with van der Waals surface area (Å²) in [6.07, 6.45) is 0.968. The molecule has 4 nitrogen and oxygen atoms in total. The van der Waals surface area contributed by atoms with Crippen molar-refractivity contribution in [3.05, 3.63) is 28.2 Å². The Labute approximate surface area is 135 Å². The van der Waals surface area contributed by atoms with E-state index in [4.69, 9.17) is 4.74 Å². The van der Waals surface area contributed by atoms with Crippen LogP contribution in [0.25, 0.3) is 0 Å². The largest absolute Gasteiger partial charge is 0.493 e. The van der Waals surface area contributed by atoms with Crippen molar-refractivity contribution in [3.8, 4) is 5.75 Å². The van der Waals surface area contributed by atoms with Crippen LogP contribution in [0.4, 0.5) is 0 Å². The van der Waals surface area contributed by atoms with Crippen LogP contribution in [-0.2, 0) is 11.3 Å². The molecule has 0 saturated heterocycles. The van der Waals surface area contributed by atoms with E-state index in [0.29, 0.717) is 13.2 Å². The van der Waals surface area contributed by atoms with Gasteiger partial charge < -0.3 is 15.4 Å². The van der Waals surface area contributed by atoms with Gasteiger partial charge in [-0.1, -0.05) is 22.9 Å². The number of rotatable bonds is 8. The Hall–Kier alpha value is -1.07. The van der Waals surface area contributed by atoms with Gasteiger partial charge in [0, 0.05) is 22.6 Å². The maximum Gasteiger partial charge on any atom is 0.237 e. The lowest BCUT2D eigenvalue weighted by Crippen LogP contribution is -2.44. The molecule has 1 amide bonds. The van der Waals surface area contributed by atoms with Crippen LogP contribution in [0.3, 0.4) is 0 Å². The highest BCUT2D eigenvalue weighted by Gasteiger charge is 2.14. The molecule has 0 aliphatic rings. The molecule has 1 aromatic rings. The number of halogens is 1. The zero-order valence-corrected chi connectivity index (χ0v) is 14.8. The van der Waals surface area contributed by atoms with E-state index < -0.39 is 0 Å². The van der Waals surface area contributed by atoms with Crippen LogP contribution in [0.2, 0.25) is 0 Å². The van der Waals surface area contributed by atoms with Gasteiger partial charge in [0.15, 0.2) is 0 Å². The molecule has 118 valence electrons. The van der Waals surface area contributed by atoms with Gasteiger partial charge in [-0.2, -0.15) is 0 Å². The summed E-state index contributed by atoms with van der Waals surface area (Å²) in [5.74, 6) is 0.875. The molecule has 1 unspecified atom stereocenters. The average molecular weight is 357 g/mol. The second-order valence-electron chi connectivity index (χ2n) is 5.37. The maximum atomic E-state index is 11.9. The SMILES string of the molecule is CCCOc1ccc(Br)cc1CNC(C)C(=O)NC(C)C. The smallest absolute Gasteiger partial charge is 0.237 e. The molecule has 1 atom stereocenters. The van der Waals surface area contributed by atoms with E-state index in [-0.39, 0.29) is 18.0 Å². The normalized spacial score (nSPS) is 12.3. The third-order valence-electron chi connectivity index (χ3n) is 2.91. The number of hydrogen-bond acceptors (Lipinski definition) is 3. The van der Waals surface area contributed by atoms with Crippen LogP contribution in [0.5, 0.6) is 5.75 Å². The molecule has 21 heavy (non-hydrogen) atoms. The van der Waals surface area contributed by atoms with Gasteiger partial charge in [-0.05, 0) is 45.4 Å². The summed E-state index contributed by atoms with van der Waals surface area (Å²) < 4.78 is 6.74. The second kappa shape index (κ2) is 9.05. The van der Waals surface area contributed by atoms with Crippen molar-refractivity contribution in [2.75, 3.05) is 6.61 Å². The van der Waals surface area contributed by atoms with Crippen LogP contribution >= 0.6 is 15.9 Å². The van der Waals surface area contributed by atoms with Crippen LogP contribution < -0.4 is 15.4 Å². The number of amides is 1. The Morgan fingerprint density at radius 1 is 1.33 bits per heavy atom. The molecule has 0 bridgehead atoms. The Kier molecular flexibility index (Phi) is 7.75. The zero-order chi connectivity index (χ0) is 15.8. The van der Waals surface area contributed by atoms with Gasteiger partial charge in [-0.25, -0.2) is 0 Å². The van der Waals surface area contributed by atoms with Gasteiger partial charge in [0.1, 0.15) is 5.75 Å². The van der Waals surface area contributed by atoms with E-state index in [9.17, 15) is 4.79 Å². The molecule has 1 aromatic carbocycles. The first-order chi connectivity index (χ1) is 9.93. The summed E-state index contributed by atoms with van der Waals surface area (Å²) in [4.78, 5) is 11.9. The topological polar surface area (TPSA) is 50.4 Å². The van der Waals surface area contributed by atoms with Gasteiger partial charge in [0.05, 0.1) is 12.6 Å². The molecule has 0 aliphatic carbocycles. The molecule has 0 spiro atoms. The van der Waals surface area contributed by atoms with E-state index in [0.717, 1.165) is 22.2 Å². The molecule has 5 heteroatoms. The fourth-order valence-electron chi connectivity index (χ4n) is 1.80. The number of hydrogen-bond donors (Lipinski definition) is 2. The lowest BCUT2D eigenvalue weighted by Gasteiger charge is -2.17. The van der Waals surface area contributed by atoms with Gasteiger partial charge in [0.2, 0.25) is 5.91 Å². The fraction of sp³-hybridized carbons (Fsp3) is 0.562. The maximum absolute atomic E-state index is 11.9. The minimum atomic E-state index is -0.245. The molecule has 0 aliphatic heterocycles. The standard InChI is InChI=1S/C16H25BrN2O2/c1-5-8-21-15-7-6-14(17)9-13(15)10-18-12(4)16(20)19-11(2)3/h6-7,9,11-12,18H,5,8,10H2,1-4H3,(H,19,20). The third-order valence-corrected chi connectivity index (χ3v) is 3.40. The third kappa shape index (κ3) is 6.48. The first-order valence-electron chi connectivity index (χ1n) is 7.39. The van der Waals surface area contributed by atoms with Crippen LogP contribution in [0.15, 0.2) is 22.7 Å². The van der Waals surface area contributed by atoms with Crippen molar-refractivity contribution < 1.29 is 9.53 Å². The van der Waals surface area contributed by atoms with Gasteiger partial charge in [-0.3, -0.25) is 4.79 Å². The molecule has 0 fully saturated rings. The highest BCUT2D eigenvalue weighted by atomic mass is 79.9. The summed E-state index contributed by atoms with van der Waals surface area (Å²) in [5, 5.41) is 6.13. The van der Waals surface area contributed by atoms with Crippen LogP contribution in [0, 0.1) is 0 Å². The minimum absolute atomic E-state index is 0.0102. The molecule has 0 saturated carbocycles. The van der Waals surface area contributed by atoms with E-state index in [2.05, 4.69) is 33.5 Å². The van der Waals surface area contributed by atoms with Crippen molar-refractivity contribution in [3.63, 3.8) is 0 Å². The second-order valence-corrected chi connectivity index (χ2v) is 6.28. The Bertz CT molecular complexity index is 464. The monoisotopic (exact) mass is 356 g/mol. The molecule has 0 aromatic heterocycles. The summed E-state index contributed by atoms with van der Waals surface area (Å²) >= 11 is 3.47. The van der Waals surface area contributed by atoms with E-state index >= 15 is 0 Å². The number of nitrogens with one attached hydrogen (secondary N) is 2. The molecule has 1 rings (SSSR count). The minimum Gasteiger partial charge on any atom is -0.493 e. The van der Waals surface area contributed by atoms with Gasteiger partial charge in [0.25, 0.3) is 0 Å². The van der Waals surface area contributed by atoms with Crippen LogP contribution in [0.1, 0.15) is 39.7 Å². The lowest BCUT2D eigenvalue weighted by atomic mass is 10.2. The lowest BCUT2D eigenvalue weighted by molar-refractivity contribution is -0.123. The summed E-state index contributed by atoms with van der Waals surface area (Å²) in [5.41, 5.74) is 1.04. The number of carbonyl (C=O) groups is 1. The molecule has 0 heterocycles. The first-order valence-corrected chi connectivity index (χ1v) is 8.18. The highest BCUT2D eigenvalue weighted by Crippen LogP contribution is 2.23. The van der Waals surface area contributed by atoms with Gasteiger partial charge >= 0.3 is 0 Å². The number of carbonyl (C=O) groups excluding carboxylic acids is 1. The van der Waals surface area contributed by atoms with Crippen LogP contribution in [-0.4, -0.2) is 24.6 Å². The number of ether oxygens (including phenoxy) is 1. The average Bonchev–Trinajstić information content (AvgIpc) is 2.42. The molecule has 0 radical (unpaired) electrons. The summed E-state index contributed by atoms with van der Waals surface area (Å²) in [7, 11) is 0. The quantitative estimate of drug-likeness (QED) is 0.751. The highest BCUT2D eigenvalue weighted by molar-refractivity contribution is 9.10. The van der Waals surface area contributed by atoms with Crippen molar-refractivity contribution >= 4 is 21.8 Å². The Morgan fingerprint density at radius 3 is 2.67 bits per heavy atom. The molecule has 2 N–H and O–H groups in total. The van der Waals surface area contributed by atoms with Crippen molar-refractivity contribution in [2.45, 2.75) is 52.7 Å². The Balaban J connectivity index is 2.64. The molecular weight excluding hydrogens is 332 g/mol. The van der Waals surface area contributed by atoms with E-state index in [1.54, 1.807) is 0 Å². The Morgan fingerprint density at radius 2 is 2.05 bits per heavy atom. The molecular formula is C16H25BrN2O2. The van der Waals surface area contributed by atoms with Crippen molar-refractivity contribution in [2.24, 2.45) is 0 Å². The predicted molar refractivity (Wildman–Crippen MR) is 89.5 cm³/mol. The van der Waals surface area contributed by atoms with Crippen molar-refractivity contribution in [1.82, 2.24) is 10.6 Å². The van der Waals surface area contributed by atoms with Gasteiger partial charge in [-0.15, -0.1) is 0 Å². The number of benzene rings is 1. The summed E-state index contributed by atoms with van der Waals surface area (Å²) in [6.45, 7) is 9.13. The van der Waals surface area contributed by atoms with E-state index in [1.165, 1.54) is 0 Å². The van der Waals surface area contributed by atoms with E-state index in [1.807, 2.05) is 39.0 Å². The summed E-state index contributed by atoms with van der Waals surface area (Å²) in [6, 6.07) is 5.84. The zero-order valence-electron chi connectivity index (χ0n) is 13.2.